The number of hydrogen-bond acceptors (Lipinski definition) is 6. The molecule has 7 heteroatoms. The summed E-state index contributed by atoms with van der Waals surface area (Å²) in [5.74, 6) is -0.884. The van der Waals surface area contributed by atoms with Crippen LogP contribution in [0.3, 0.4) is 0 Å². The molecule has 2 aliphatic rings. The Hall–Kier alpha value is -3.35. The maximum atomic E-state index is 13.0. The number of amides is 1. The molecule has 4 rings (SSSR count). The number of nitrogens with zero attached hydrogens (tertiary/aromatic N) is 2. The smallest absolute Gasteiger partial charge is 0.321 e. The van der Waals surface area contributed by atoms with Gasteiger partial charge in [-0.3, -0.25) is 14.9 Å². The van der Waals surface area contributed by atoms with Crippen molar-refractivity contribution in [2.45, 2.75) is 25.9 Å². The lowest BCUT2D eigenvalue weighted by atomic mass is 9.91. The van der Waals surface area contributed by atoms with Crippen LogP contribution in [0.5, 0.6) is 5.75 Å². The number of carbonyl (C=O) groups excluding carboxylic acids is 2. The Balaban J connectivity index is 1.70. The number of ether oxygens (including phenoxy) is 2. The van der Waals surface area contributed by atoms with Crippen molar-refractivity contribution in [2.75, 3.05) is 20.3 Å². The van der Waals surface area contributed by atoms with Gasteiger partial charge in [-0.1, -0.05) is 36.4 Å². The van der Waals surface area contributed by atoms with Gasteiger partial charge in [-0.05, 0) is 42.2 Å². The summed E-state index contributed by atoms with van der Waals surface area (Å²) in [7, 11) is 1.58. The van der Waals surface area contributed by atoms with Crippen molar-refractivity contribution >= 4 is 17.8 Å². The number of nitrogens with one attached hydrogen (secondary N) is 1. The minimum atomic E-state index is -1.04. The van der Waals surface area contributed by atoms with E-state index in [2.05, 4.69) is 22.3 Å². The van der Waals surface area contributed by atoms with Crippen molar-refractivity contribution in [1.82, 2.24) is 10.2 Å². The Morgan fingerprint density at radius 3 is 2.77 bits per heavy atom. The third kappa shape index (κ3) is 3.87. The summed E-state index contributed by atoms with van der Waals surface area (Å²) in [4.78, 5) is 32.5. The largest absolute Gasteiger partial charge is 0.497 e. The van der Waals surface area contributed by atoms with Gasteiger partial charge < -0.3 is 14.4 Å². The molecule has 1 N–H and O–H groups in total. The lowest BCUT2D eigenvalue weighted by Gasteiger charge is -2.36. The maximum absolute atomic E-state index is 13.0. The number of carbonyl (C=O) groups is 2. The van der Waals surface area contributed by atoms with Gasteiger partial charge in [0.2, 0.25) is 11.9 Å². The summed E-state index contributed by atoms with van der Waals surface area (Å²) in [6, 6.07) is 14.9. The third-order valence-electron chi connectivity index (χ3n) is 5.50. The lowest BCUT2D eigenvalue weighted by molar-refractivity contribution is -0.153. The molecule has 0 saturated carbocycles. The van der Waals surface area contributed by atoms with E-state index < -0.39 is 23.8 Å². The molecule has 0 unspecified atom stereocenters. The molecule has 2 aromatic rings. The van der Waals surface area contributed by atoms with Crippen molar-refractivity contribution in [1.29, 1.82) is 0 Å². The summed E-state index contributed by atoms with van der Waals surface area (Å²) < 4.78 is 10.5. The van der Waals surface area contributed by atoms with E-state index in [4.69, 9.17) is 14.5 Å². The SMILES string of the molecule is CCOC(=O)[C@H]1C(=O)NC(N2CCc3ccccc3C2)=N[C@H]1c1cccc(OC)c1. The lowest BCUT2D eigenvalue weighted by Crippen LogP contribution is -2.53. The second-order valence-electron chi connectivity index (χ2n) is 7.33. The zero-order valence-corrected chi connectivity index (χ0v) is 17.1. The molecule has 0 aliphatic carbocycles. The van der Waals surface area contributed by atoms with Crippen LogP contribution in [0.25, 0.3) is 0 Å². The maximum Gasteiger partial charge on any atom is 0.321 e. The standard InChI is InChI=1S/C23H25N3O4/c1-3-30-22(28)19-20(16-9-6-10-18(13-16)29-2)24-23(25-21(19)27)26-12-11-15-7-4-5-8-17(15)14-26/h4-10,13,19-20H,3,11-12,14H2,1-2H3,(H,24,25,27)/t19-,20+/m1/s1. The van der Waals surface area contributed by atoms with E-state index in [1.165, 1.54) is 11.1 Å². The third-order valence-corrected chi connectivity index (χ3v) is 5.50. The second kappa shape index (κ2) is 8.57. The number of fused-ring (bicyclic) bond motifs is 1. The summed E-state index contributed by atoms with van der Waals surface area (Å²) in [6.45, 7) is 3.32. The van der Waals surface area contributed by atoms with Gasteiger partial charge >= 0.3 is 5.97 Å². The molecule has 7 nitrogen and oxygen atoms in total. The summed E-state index contributed by atoms with van der Waals surface area (Å²) in [6.07, 6.45) is 0.871. The molecule has 1 amide bonds. The van der Waals surface area contributed by atoms with Crippen LogP contribution in [0.2, 0.25) is 0 Å². The number of aliphatic imine (C=N–C) groups is 1. The Labute approximate surface area is 175 Å². The van der Waals surface area contributed by atoms with E-state index in [-0.39, 0.29) is 6.61 Å². The summed E-state index contributed by atoms with van der Waals surface area (Å²) in [5.41, 5.74) is 3.26. The molecule has 0 saturated heterocycles. The molecule has 0 bridgehead atoms. The molecular formula is C23H25N3O4. The fourth-order valence-electron chi connectivity index (χ4n) is 3.97. The molecule has 0 fully saturated rings. The zero-order chi connectivity index (χ0) is 21.1. The number of hydrogen-bond donors (Lipinski definition) is 1. The first-order valence-electron chi connectivity index (χ1n) is 10.1. The van der Waals surface area contributed by atoms with Crippen LogP contribution in [0.1, 0.15) is 29.7 Å². The Bertz CT molecular complexity index is 988. The van der Waals surface area contributed by atoms with Crippen LogP contribution in [-0.4, -0.2) is 43.0 Å². The van der Waals surface area contributed by atoms with Crippen molar-refractivity contribution in [3.8, 4) is 5.75 Å². The van der Waals surface area contributed by atoms with E-state index in [0.717, 1.165) is 18.5 Å². The fraction of sp³-hybridized carbons (Fsp3) is 0.348. The second-order valence-corrected chi connectivity index (χ2v) is 7.33. The minimum Gasteiger partial charge on any atom is -0.497 e. The Kier molecular flexibility index (Phi) is 5.70. The first-order valence-corrected chi connectivity index (χ1v) is 10.1. The van der Waals surface area contributed by atoms with E-state index in [1.54, 1.807) is 14.0 Å². The topological polar surface area (TPSA) is 80.2 Å². The molecule has 156 valence electrons. The quantitative estimate of drug-likeness (QED) is 0.622. The highest BCUT2D eigenvalue weighted by atomic mass is 16.5. The monoisotopic (exact) mass is 407 g/mol. The van der Waals surface area contributed by atoms with Gasteiger partial charge in [-0.15, -0.1) is 0 Å². The van der Waals surface area contributed by atoms with Crippen molar-refractivity contribution in [3.05, 3.63) is 65.2 Å². The van der Waals surface area contributed by atoms with Crippen LogP contribution in [-0.2, 0) is 27.3 Å². The number of esters is 1. The van der Waals surface area contributed by atoms with Crippen molar-refractivity contribution in [2.24, 2.45) is 10.9 Å². The molecule has 0 aromatic heterocycles. The van der Waals surface area contributed by atoms with Gasteiger partial charge in [0.05, 0.1) is 13.7 Å². The fourth-order valence-corrected chi connectivity index (χ4v) is 3.97. The number of guanidine groups is 1. The highest BCUT2D eigenvalue weighted by Gasteiger charge is 2.42. The summed E-state index contributed by atoms with van der Waals surface area (Å²) >= 11 is 0. The molecule has 2 heterocycles. The average Bonchev–Trinajstić information content (AvgIpc) is 2.78. The molecular weight excluding hydrogens is 382 g/mol. The number of methoxy groups -OCH3 is 1. The summed E-state index contributed by atoms with van der Waals surface area (Å²) in [5, 5.41) is 2.84. The van der Waals surface area contributed by atoms with E-state index in [1.807, 2.05) is 36.4 Å². The number of rotatable bonds is 4. The Morgan fingerprint density at radius 1 is 1.20 bits per heavy atom. The average molecular weight is 407 g/mol. The molecule has 2 aromatic carbocycles. The van der Waals surface area contributed by atoms with E-state index in [0.29, 0.717) is 18.3 Å². The van der Waals surface area contributed by atoms with Gasteiger partial charge in [0.25, 0.3) is 0 Å². The molecule has 0 radical (unpaired) electrons. The van der Waals surface area contributed by atoms with Gasteiger partial charge in [-0.2, -0.15) is 0 Å². The molecule has 30 heavy (non-hydrogen) atoms. The van der Waals surface area contributed by atoms with Gasteiger partial charge in [0, 0.05) is 13.1 Å². The highest BCUT2D eigenvalue weighted by molar-refractivity contribution is 6.08. The first kappa shape index (κ1) is 19.9. The molecule has 0 spiro atoms. The van der Waals surface area contributed by atoms with Gasteiger partial charge in [0.1, 0.15) is 11.8 Å². The van der Waals surface area contributed by atoms with Crippen molar-refractivity contribution < 1.29 is 19.1 Å². The zero-order valence-electron chi connectivity index (χ0n) is 17.1. The van der Waals surface area contributed by atoms with Crippen LogP contribution in [0.4, 0.5) is 0 Å². The van der Waals surface area contributed by atoms with Crippen molar-refractivity contribution in [3.63, 3.8) is 0 Å². The molecule has 2 aliphatic heterocycles. The first-order chi connectivity index (χ1) is 14.6. The normalized spacial score (nSPS) is 20.7. The van der Waals surface area contributed by atoms with Crippen LogP contribution >= 0.6 is 0 Å². The van der Waals surface area contributed by atoms with E-state index in [9.17, 15) is 9.59 Å². The Morgan fingerprint density at radius 2 is 2.00 bits per heavy atom. The van der Waals surface area contributed by atoms with Crippen LogP contribution in [0, 0.1) is 5.92 Å². The highest BCUT2D eigenvalue weighted by Crippen LogP contribution is 2.33. The number of benzene rings is 2. The predicted molar refractivity (Wildman–Crippen MR) is 112 cm³/mol. The van der Waals surface area contributed by atoms with Gasteiger partial charge in [0.15, 0.2) is 5.92 Å². The van der Waals surface area contributed by atoms with Crippen LogP contribution < -0.4 is 10.1 Å². The van der Waals surface area contributed by atoms with Gasteiger partial charge in [-0.25, -0.2) is 4.99 Å². The minimum absolute atomic E-state index is 0.201. The van der Waals surface area contributed by atoms with E-state index >= 15 is 0 Å². The molecule has 2 atom stereocenters. The van der Waals surface area contributed by atoms with Crippen LogP contribution in [0.15, 0.2) is 53.5 Å². The predicted octanol–water partition coefficient (Wildman–Crippen LogP) is 2.46.